The molecule has 2 aromatic carbocycles. The maximum atomic E-state index is 13.2. The number of rotatable bonds is 4. The van der Waals surface area contributed by atoms with Crippen molar-refractivity contribution < 1.29 is 9.31 Å². The normalized spacial score (nSPS) is 10.3. The smallest absolute Gasteiger partial charge is 0.274 e. The first-order valence-electron chi connectivity index (χ1n) is 6.21. The van der Waals surface area contributed by atoms with E-state index in [9.17, 15) is 14.5 Å². The van der Waals surface area contributed by atoms with Gasteiger partial charge in [-0.25, -0.2) is 4.39 Å². The van der Waals surface area contributed by atoms with Crippen molar-refractivity contribution in [1.82, 2.24) is 0 Å². The standard InChI is InChI=1S/C15H15FN2O2/c1-10-3-5-13(8-15(10)18(19)20)17-9-12-4-6-14(16)11(2)7-12/h3-8,17H,9H2,1-2H3. The van der Waals surface area contributed by atoms with E-state index in [-0.39, 0.29) is 11.5 Å². The summed E-state index contributed by atoms with van der Waals surface area (Å²) in [6.07, 6.45) is 0. The monoisotopic (exact) mass is 274 g/mol. The predicted octanol–water partition coefficient (Wildman–Crippen LogP) is 3.96. The third-order valence-corrected chi connectivity index (χ3v) is 3.12. The minimum atomic E-state index is -0.400. The molecule has 0 aliphatic rings. The number of nitrogens with one attached hydrogen (secondary N) is 1. The molecule has 2 aromatic rings. The SMILES string of the molecule is Cc1cc(CNc2ccc(C)c([N+](=O)[O-])c2)ccc1F. The van der Waals surface area contributed by atoms with Gasteiger partial charge >= 0.3 is 0 Å². The van der Waals surface area contributed by atoms with E-state index in [1.54, 1.807) is 38.1 Å². The lowest BCUT2D eigenvalue weighted by molar-refractivity contribution is -0.385. The van der Waals surface area contributed by atoms with E-state index in [1.807, 2.05) is 0 Å². The Morgan fingerprint density at radius 2 is 1.90 bits per heavy atom. The third-order valence-electron chi connectivity index (χ3n) is 3.12. The van der Waals surface area contributed by atoms with Crippen LogP contribution in [-0.2, 0) is 6.54 Å². The van der Waals surface area contributed by atoms with Crippen LogP contribution in [-0.4, -0.2) is 4.92 Å². The highest BCUT2D eigenvalue weighted by Crippen LogP contribution is 2.22. The van der Waals surface area contributed by atoms with Gasteiger partial charge in [-0.3, -0.25) is 10.1 Å². The predicted molar refractivity (Wildman–Crippen MR) is 76.3 cm³/mol. The van der Waals surface area contributed by atoms with Crippen LogP contribution in [0, 0.1) is 29.8 Å². The van der Waals surface area contributed by atoms with E-state index in [4.69, 9.17) is 0 Å². The highest BCUT2D eigenvalue weighted by Gasteiger charge is 2.10. The number of nitrogens with zero attached hydrogens (tertiary/aromatic N) is 1. The van der Waals surface area contributed by atoms with Gasteiger partial charge < -0.3 is 5.32 Å². The lowest BCUT2D eigenvalue weighted by atomic mass is 10.1. The van der Waals surface area contributed by atoms with Crippen LogP contribution in [0.5, 0.6) is 0 Å². The molecule has 2 rings (SSSR count). The molecule has 0 unspecified atom stereocenters. The summed E-state index contributed by atoms with van der Waals surface area (Å²) in [5.41, 5.74) is 2.89. The molecule has 0 aliphatic carbocycles. The zero-order valence-corrected chi connectivity index (χ0v) is 11.3. The molecule has 0 bridgehead atoms. The van der Waals surface area contributed by atoms with Crippen LogP contribution in [0.4, 0.5) is 15.8 Å². The third kappa shape index (κ3) is 3.12. The molecule has 0 saturated carbocycles. The summed E-state index contributed by atoms with van der Waals surface area (Å²) >= 11 is 0. The molecule has 0 fully saturated rings. The Labute approximate surface area is 116 Å². The summed E-state index contributed by atoms with van der Waals surface area (Å²) in [7, 11) is 0. The molecule has 0 spiro atoms. The Bertz CT molecular complexity index is 656. The summed E-state index contributed by atoms with van der Waals surface area (Å²) in [5, 5.41) is 14.0. The Kier molecular flexibility index (Phi) is 3.98. The summed E-state index contributed by atoms with van der Waals surface area (Å²) in [5.74, 6) is -0.236. The van der Waals surface area contributed by atoms with Crippen molar-refractivity contribution in [2.45, 2.75) is 20.4 Å². The molecule has 0 saturated heterocycles. The molecule has 4 nitrogen and oxygen atoms in total. The number of hydrogen-bond acceptors (Lipinski definition) is 3. The van der Waals surface area contributed by atoms with E-state index in [0.717, 1.165) is 5.56 Å². The van der Waals surface area contributed by atoms with Crippen LogP contribution >= 0.6 is 0 Å². The molecule has 0 atom stereocenters. The van der Waals surface area contributed by atoms with Gasteiger partial charge in [0.1, 0.15) is 5.82 Å². The average molecular weight is 274 g/mol. The van der Waals surface area contributed by atoms with Crippen molar-refractivity contribution >= 4 is 11.4 Å². The molecular formula is C15H15FN2O2. The van der Waals surface area contributed by atoms with Crippen molar-refractivity contribution in [3.63, 3.8) is 0 Å². The molecular weight excluding hydrogens is 259 g/mol. The summed E-state index contributed by atoms with van der Waals surface area (Å²) in [4.78, 5) is 10.5. The van der Waals surface area contributed by atoms with Gasteiger partial charge in [-0.05, 0) is 37.1 Å². The second kappa shape index (κ2) is 5.69. The van der Waals surface area contributed by atoms with Crippen LogP contribution in [0.1, 0.15) is 16.7 Å². The number of anilines is 1. The Hall–Kier alpha value is -2.43. The molecule has 20 heavy (non-hydrogen) atoms. The van der Waals surface area contributed by atoms with E-state index in [0.29, 0.717) is 23.4 Å². The highest BCUT2D eigenvalue weighted by molar-refractivity contribution is 5.55. The van der Waals surface area contributed by atoms with Crippen LogP contribution in [0.25, 0.3) is 0 Å². The van der Waals surface area contributed by atoms with Gasteiger partial charge in [0.05, 0.1) is 4.92 Å². The average Bonchev–Trinajstić information content (AvgIpc) is 2.41. The van der Waals surface area contributed by atoms with Crippen molar-refractivity contribution in [1.29, 1.82) is 0 Å². The van der Waals surface area contributed by atoms with Crippen molar-refractivity contribution in [3.8, 4) is 0 Å². The molecule has 0 heterocycles. The largest absolute Gasteiger partial charge is 0.381 e. The number of aryl methyl sites for hydroxylation is 2. The van der Waals surface area contributed by atoms with Crippen LogP contribution in [0.15, 0.2) is 36.4 Å². The number of nitro groups is 1. The van der Waals surface area contributed by atoms with Gasteiger partial charge in [-0.15, -0.1) is 0 Å². The Morgan fingerprint density at radius 3 is 2.55 bits per heavy atom. The number of nitro benzene ring substituents is 1. The zero-order chi connectivity index (χ0) is 14.7. The highest BCUT2D eigenvalue weighted by atomic mass is 19.1. The number of halogens is 1. The van der Waals surface area contributed by atoms with Gasteiger partial charge in [-0.1, -0.05) is 18.2 Å². The van der Waals surface area contributed by atoms with Gasteiger partial charge in [0.15, 0.2) is 0 Å². The van der Waals surface area contributed by atoms with E-state index in [1.165, 1.54) is 12.1 Å². The van der Waals surface area contributed by atoms with Crippen molar-refractivity contribution in [2.24, 2.45) is 0 Å². The molecule has 1 N–H and O–H groups in total. The fourth-order valence-electron chi connectivity index (χ4n) is 1.94. The van der Waals surface area contributed by atoms with Gasteiger partial charge in [0, 0.05) is 23.9 Å². The quantitative estimate of drug-likeness (QED) is 0.678. The van der Waals surface area contributed by atoms with E-state index < -0.39 is 4.92 Å². The summed E-state index contributed by atoms with van der Waals surface area (Å²) in [6.45, 7) is 3.89. The van der Waals surface area contributed by atoms with Gasteiger partial charge in [-0.2, -0.15) is 0 Å². The maximum absolute atomic E-state index is 13.2. The molecule has 5 heteroatoms. The van der Waals surface area contributed by atoms with Crippen LogP contribution < -0.4 is 5.32 Å². The zero-order valence-electron chi connectivity index (χ0n) is 11.3. The maximum Gasteiger partial charge on any atom is 0.274 e. The second-order valence-corrected chi connectivity index (χ2v) is 4.70. The van der Waals surface area contributed by atoms with Crippen molar-refractivity contribution in [3.05, 3.63) is 69.0 Å². The lowest BCUT2D eigenvalue weighted by Crippen LogP contribution is -2.01. The number of hydrogen-bond donors (Lipinski definition) is 1. The summed E-state index contributed by atoms with van der Waals surface area (Å²) in [6, 6.07) is 9.87. The van der Waals surface area contributed by atoms with Crippen molar-refractivity contribution in [2.75, 3.05) is 5.32 Å². The minimum Gasteiger partial charge on any atom is -0.381 e. The molecule has 0 aliphatic heterocycles. The van der Waals surface area contributed by atoms with Gasteiger partial charge in [0.2, 0.25) is 0 Å². The first-order chi connectivity index (χ1) is 9.47. The Morgan fingerprint density at radius 1 is 1.15 bits per heavy atom. The van der Waals surface area contributed by atoms with E-state index >= 15 is 0 Å². The molecule has 0 aromatic heterocycles. The van der Waals surface area contributed by atoms with Crippen LogP contribution in [0.3, 0.4) is 0 Å². The lowest BCUT2D eigenvalue weighted by Gasteiger charge is -2.08. The molecule has 104 valence electrons. The molecule has 0 radical (unpaired) electrons. The van der Waals surface area contributed by atoms with E-state index in [2.05, 4.69) is 5.32 Å². The topological polar surface area (TPSA) is 55.2 Å². The van der Waals surface area contributed by atoms with Crippen LogP contribution in [0.2, 0.25) is 0 Å². The minimum absolute atomic E-state index is 0.0882. The first kappa shape index (κ1) is 14.0. The summed E-state index contributed by atoms with van der Waals surface area (Å²) < 4.78 is 13.2. The Balaban J connectivity index is 2.12. The fourth-order valence-corrected chi connectivity index (χ4v) is 1.94. The fraction of sp³-hybridized carbons (Fsp3) is 0.200. The molecule has 0 amide bonds. The second-order valence-electron chi connectivity index (χ2n) is 4.70. The number of benzene rings is 2. The first-order valence-corrected chi connectivity index (χ1v) is 6.21. The van der Waals surface area contributed by atoms with Gasteiger partial charge in [0.25, 0.3) is 5.69 Å².